The van der Waals surface area contributed by atoms with Crippen LogP contribution >= 0.6 is 28.6 Å². The molecule has 1 rings (SSSR count). The summed E-state index contributed by atoms with van der Waals surface area (Å²) in [5, 5.41) is 0.656. The van der Waals surface area contributed by atoms with Crippen molar-refractivity contribution in [3.63, 3.8) is 0 Å². The topological polar surface area (TPSA) is 43.8 Å². The van der Waals surface area contributed by atoms with Crippen molar-refractivity contribution in [1.29, 1.82) is 0 Å². The lowest BCUT2D eigenvalue weighted by molar-refractivity contribution is 0.685. The van der Waals surface area contributed by atoms with Gasteiger partial charge in [-0.25, -0.2) is 4.98 Å². The molecule has 0 aliphatic carbocycles. The second kappa shape index (κ2) is 4.74. The number of halogens is 2. The van der Waals surface area contributed by atoms with Gasteiger partial charge in [0.1, 0.15) is 11.0 Å². The largest absolute Gasteiger partial charge is 0.329 e. The molecule has 1 heterocycles. The van der Waals surface area contributed by atoms with Crippen LogP contribution < -0.4 is 5.73 Å². The minimum atomic E-state index is 0. The fourth-order valence-corrected chi connectivity index (χ4v) is 1.09. The molecule has 64 valence electrons. The van der Waals surface area contributed by atoms with Gasteiger partial charge in [0.25, 0.3) is 0 Å². The molecule has 0 bridgehead atoms. The van der Waals surface area contributed by atoms with Crippen molar-refractivity contribution in [3.8, 4) is 0 Å². The summed E-state index contributed by atoms with van der Waals surface area (Å²) >= 11 is 5.77. The highest BCUT2D eigenvalue weighted by Crippen LogP contribution is 2.09. The third-order valence-corrected chi connectivity index (χ3v) is 1.66. The molecule has 1 aromatic heterocycles. The van der Waals surface area contributed by atoms with E-state index in [-0.39, 0.29) is 17.0 Å². The van der Waals surface area contributed by atoms with Crippen LogP contribution in [-0.4, -0.2) is 16.1 Å². The zero-order valence-corrected chi connectivity index (χ0v) is 8.72. The van der Waals surface area contributed by atoms with Crippen molar-refractivity contribution >= 4 is 28.6 Å². The number of nitrogens with two attached hydrogens (primary N) is 1. The fraction of sp³-hybridized carbons (Fsp3) is 0.500. The van der Waals surface area contributed by atoms with E-state index in [2.05, 4.69) is 4.98 Å². The Kier molecular flexibility index (Phi) is 4.72. The highest BCUT2D eigenvalue weighted by molar-refractivity contribution is 8.93. The number of rotatable bonds is 2. The first-order valence-electron chi connectivity index (χ1n) is 3.13. The minimum absolute atomic E-state index is 0. The lowest BCUT2D eigenvalue weighted by Crippen LogP contribution is -2.10. The van der Waals surface area contributed by atoms with Crippen LogP contribution in [0.25, 0.3) is 0 Å². The van der Waals surface area contributed by atoms with Crippen LogP contribution in [0.2, 0.25) is 5.15 Å². The van der Waals surface area contributed by atoms with Gasteiger partial charge in [-0.3, -0.25) is 0 Å². The van der Waals surface area contributed by atoms with Crippen molar-refractivity contribution in [1.82, 2.24) is 9.55 Å². The smallest absolute Gasteiger partial charge is 0.128 e. The Labute approximate surface area is 81.3 Å². The van der Waals surface area contributed by atoms with Crippen LogP contribution in [0.4, 0.5) is 0 Å². The Morgan fingerprint density at radius 3 is 2.73 bits per heavy atom. The van der Waals surface area contributed by atoms with Crippen molar-refractivity contribution in [3.05, 3.63) is 17.2 Å². The summed E-state index contributed by atoms with van der Waals surface area (Å²) in [7, 11) is 0. The van der Waals surface area contributed by atoms with Gasteiger partial charge in [-0.15, -0.1) is 17.0 Å². The normalized spacial score (nSPS) is 9.36. The maximum atomic E-state index is 5.77. The summed E-state index contributed by atoms with van der Waals surface area (Å²) in [6.45, 7) is 3.24. The summed E-state index contributed by atoms with van der Waals surface area (Å²) in [5.41, 5.74) is 5.35. The molecule has 0 unspecified atom stereocenters. The monoisotopic (exact) mass is 239 g/mol. The number of hydrogen-bond acceptors (Lipinski definition) is 2. The summed E-state index contributed by atoms with van der Waals surface area (Å²) in [6, 6.07) is 0. The Bertz CT molecular complexity index is 204. The van der Waals surface area contributed by atoms with Gasteiger partial charge in [-0.05, 0) is 6.92 Å². The molecule has 0 aromatic carbocycles. The minimum Gasteiger partial charge on any atom is -0.329 e. The Hall–Kier alpha value is -0.0600. The standard InChI is InChI=1S/C6H10ClN3.BrH/c1-5-9-4-6(7)10(5)3-2-8;/h4H,2-3,8H2,1H3;1H. The molecular weight excluding hydrogens is 229 g/mol. The fourth-order valence-electron chi connectivity index (χ4n) is 0.838. The molecule has 0 saturated heterocycles. The molecule has 0 fully saturated rings. The predicted molar refractivity (Wildman–Crippen MR) is 51.4 cm³/mol. The lowest BCUT2D eigenvalue weighted by atomic mass is 10.6. The van der Waals surface area contributed by atoms with E-state index < -0.39 is 0 Å². The van der Waals surface area contributed by atoms with E-state index in [9.17, 15) is 0 Å². The highest BCUT2D eigenvalue weighted by Gasteiger charge is 2.00. The number of aryl methyl sites for hydroxylation is 1. The van der Waals surface area contributed by atoms with Gasteiger partial charge in [0.05, 0.1) is 6.20 Å². The maximum Gasteiger partial charge on any atom is 0.128 e. The Balaban J connectivity index is 0.000001000. The molecule has 11 heavy (non-hydrogen) atoms. The van der Waals surface area contributed by atoms with Gasteiger partial charge in [0, 0.05) is 13.1 Å². The number of nitrogens with zero attached hydrogens (tertiary/aromatic N) is 2. The highest BCUT2D eigenvalue weighted by atomic mass is 79.9. The summed E-state index contributed by atoms with van der Waals surface area (Å²) in [5.74, 6) is 0.912. The van der Waals surface area contributed by atoms with E-state index in [1.165, 1.54) is 0 Å². The molecule has 0 aliphatic rings. The van der Waals surface area contributed by atoms with Crippen LogP contribution in [0.3, 0.4) is 0 Å². The van der Waals surface area contributed by atoms with Gasteiger partial charge >= 0.3 is 0 Å². The third kappa shape index (κ3) is 2.47. The maximum absolute atomic E-state index is 5.77. The first-order valence-corrected chi connectivity index (χ1v) is 3.51. The van der Waals surface area contributed by atoms with Gasteiger partial charge < -0.3 is 10.3 Å². The van der Waals surface area contributed by atoms with Gasteiger partial charge in [-0.2, -0.15) is 0 Å². The van der Waals surface area contributed by atoms with Crippen molar-refractivity contribution in [2.24, 2.45) is 5.73 Å². The van der Waals surface area contributed by atoms with Crippen LogP contribution in [0.5, 0.6) is 0 Å². The molecule has 0 spiro atoms. The van der Waals surface area contributed by atoms with Crippen LogP contribution in [-0.2, 0) is 6.54 Å². The van der Waals surface area contributed by atoms with E-state index >= 15 is 0 Å². The van der Waals surface area contributed by atoms with Crippen LogP contribution in [0.1, 0.15) is 5.82 Å². The molecule has 0 atom stereocenters. The van der Waals surface area contributed by atoms with Gasteiger partial charge in [0.15, 0.2) is 0 Å². The van der Waals surface area contributed by atoms with Crippen molar-refractivity contribution in [2.75, 3.05) is 6.54 Å². The number of imidazole rings is 1. The second-order valence-electron chi connectivity index (χ2n) is 2.07. The van der Waals surface area contributed by atoms with E-state index in [0.29, 0.717) is 11.7 Å². The molecule has 0 aliphatic heterocycles. The number of aromatic nitrogens is 2. The summed E-state index contributed by atoms with van der Waals surface area (Å²) in [6.07, 6.45) is 1.63. The van der Waals surface area contributed by atoms with Gasteiger partial charge in [-0.1, -0.05) is 11.6 Å². The van der Waals surface area contributed by atoms with Crippen LogP contribution in [0, 0.1) is 6.92 Å². The lowest BCUT2D eigenvalue weighted by Gasteiger charge is -2.02. The summed E-state index contributed by atoms with van der Waals surface area (Å²) in [4.78, 5) is 4.01. The molecule has 3 nitrogen and oxygen atoms in total. The molecule has 1 aromatic rings. The molecular formula is C6H11BrClN3. The molecule has 5 heteroatoms. The van der Waals surface area contributed by atoms with Gasteiger partial charge in [0.2, 0.25) is 0 Å². The SMILES string of the molecule is Br.Cc1ncc(Cl)n1CCN. The quantitative estimate of drug-likeness (QED) is 0.849. The summed E-state index contributed by atoms with van der Waals surface area (Å²) < 4.78 is 1.88. The third-order valence-electron chi connectivity index (χ3n) is 1.36. The average Bonchev–Trinajstić information content (AvgIpc) is 2.20. The van der Waals surface area contributed by atoms with Crippen LogP contribution in [0.15, 0.2) is 6.20 Å². The second-order valence-corrected chi connectivity index (χ2v) is 2.46. The van der Waals surface area contributed by atoms with E-state index in [1.54, 1.807) is 6.20 Å². The molecule has 2 N–H and O–H groups in total. The van der Waals surface area contributed by atoms with Crippen molar-refractivity contribution < 1.29 is 0 Å². The Morgan fingerprint density at radius 1 is 1.73 bits per heavy atom. The average molecular weight is 241 g/mol. The van der Waals surface area contributed by atoms with E-state index in [0.717, 1.165) is 12.4 Å². The van der Waals surface area contributed by atoms with Crippen molar-refractivity contribution in [2.45, 2.75) is 13.5 Å². The Morgan fingerprint density at radius 2 is 2.36 bits per heavy atom. The molecule has 0 saturated carbocycles. The predicted octanol–water partition coefficient (Wildman–Crippen LogP) is 1.38. The van der Waals surface area contributed by atoms with E-state index in [1.807, 2.05) is 11.5 Å². The zero-order chi connectivity index (χ0) is 7.56. The molecule has 0 amide bonds. The first-order chi connectivity index (χ1) is 4.75. The van der Waals surface area contributed by atoms with E-state index in [4.69, 9.17) is 17.3 Å². The number of hydrogen-bond donors (Lipinski definition) is 1. The molecule has 0 radical (unpaired) electrons. The zero-order valence-electron chi connectivity index (χ0n) is 6.25. The first kappa shape index (κ1) is 10.9.